The Balaban J connectivity index is 2.20. The molecule has 3 aromatic carbocycles. The maximum Gasteiger partial charge on any atom is 0.315 e. The first-order valence-electron chi connectivity index (χ1n) is 6.75. The van der Waals surface area contributed by atoms with Gasteiger partial charge in [-0.1, -0.05) is 48.5 Å². The second-order valence-corrected chi connectivity index (χ2v) is 5.26. The summed E-state index contributed by atoms with van der Waals surface area (Å²) in [5, 5.41) is 21.4. The van der Waals surface area contributed by atoms with Gasteiger partial charge in [0.1, 0.15) is 11.7 Å². The summed E-state index contributed by atoms with van der Waals surface area (Å²) < 4.78 is 0. The zero-order chi connectivity index (χ0) is 14.6. The van der Waals surface area contributed by atoms with E-state index < -0.39 is 11.9 Å². The average Bonchev–Trinajstić information content (AvgIpc) is 2.81. The van der Waals surface area contributed by atoms with Crippen LogP contribution in [0, 0.1) is 0 Å². The highest BCUT2D eigenvalue weighted by atomic mass is 16.4. The van der Waals surface area contributed by atoms with E-state index in [9.17, 15) is 15.0 Å². The maximum atomic E-state index is 11.7. The van der Waals surface area contributed by atoms with E-state index in [4.69, 9.17) is 0 Å². The first-order valence-corrected chi connectivity index (χ1v) is 6.75. The average molecular weight is 276 g/mol. The number of aromatic hydroxyl groups is 1. The van der Waals surface area contributed by atoms with Gasteiger partial charge in [0.05, 0.1) is 0 Å². The Labute approximate surface area is 121 Å². The van der Waals surface area contributed by atoms with E-state index in [1.807, 2.05) is 48.5 Å². The van der Waals surface area contributed by atoms with Crippen molar-refractivity contribution in [2.24, 2.45) is 0 Å². The van der Waals surface area contributed by atoms with E-state index in [0.717, 1.165) is 27.5 Å². The lowest BCUT2D eigenvalue weighted by Gasteiger charge is -2.10. The molecule has 4 rings (SSSR count). The highest BCUT2D eigenvalue weighted by Crippen LogP contribution is 2.49. The van der Waals surface area contributed by atoms with E-state index in [-0.39, 0.29) is 5.75 Å². The van der Waals surface area contributed by atoms with Crippen LogP contribution in [-0.4, -0.2) is 16.2 Å². The fraction of sp³-hybridized carbons (Fsp3) is 0.0556. The highest BCUT2D eigenvalue weighted by Gasteiger charge is 2.35. The molecule has 1 aliphatic carbocycles. The van der Waals surface area contributed by atoms with Gasteiger partial charge in [0, 0.05) is 5.39 Å². The Hall–Kier alpha value is -2.81. The van der Waals surface area contributed by atoms with E-state index >= 15 is 0 Å². The van der Waals surface area contributed by atoms with Gasteiger partial charge in [-0.3, -0.25) is 4.79 Å². The number of fused-ring (bicyclic) bond motifs is 5. The molecule has 0 heterocycles. The van der Waals surface area contributed by atoms with Crippen molar-refractivity contribution >= 4 is 16.7 Å². The number of carboxylic acids is 1. The van der Waals surface area contributed by atoms with Crippen molar-refractivity contribution < 1.29 is 15.0 Å². The molecule has 3 aromatic rings. The smallest absolute Gasteiger partial charge is 0.315 e. The van der Waals surface area contributed by atoms with Crippen LogP contribution in [0.25, 0.3) is 21.9 Å². The Morgan fingerprint density at radius 2 is 1.57 bits per heavy atom. The number of carboxylic acid groups (broad SMARTS) is 1. The molecular weight excluding hydrogens is 264 g/mol. The number of benzene rings is 3. The fourth-order valence-electron chi connectivity index (χ4n) is 3.32. The van der Waals surface area contributed by atoms with Crippen molar-refractivity contribution in [3.63, 3.8) is 0 Å². The maximum absolute atomic E-state index is 11.7. The standard InChI is InChI=1S/C18H12O3/c19-15-9-14-16(11-6-2-1-5-10(11)15)12-7-3-4-8-13(12)17(14)18(20)21/h1-9,17,19H,(H,20,21). The van der Waals surface area contributed by atoms with E-state index in [1.54, 1.807) is 6.07 Å². The van der Waals surface area contributed by atoms with Crippen molar-refractivity contribution in [3.05, 3.63) is 65.7 Å². The molecule has 0 amide bonds. The molecule has 0 spiro atoms. The SMILES string of the molecule is O=C(O)C1c2ccccc2-c2c1cc(O)c1ccccc21. The summed E-state index contributed by atoms with van der Waals surface area (Å²) >= 11 is 0. The van der Waals surface area contributed by atoms with Crippen molar-refractivity contribution in [2.45, 2.75) is 5.92 Å². The summed E-state index contributed by atoms with van der Waals surface area (Å²) in [6.45, 7) is 0. The number of rotatable bonds is 1. The first kappa shape index (κ1) is 12.0. The summed E-state index contributed by atoms with van der Waals surface area (Å²) in [6, 6.07) is 16.7. The van der Waals surface area contributed by atoms with Crippen LogP contribution in [-0.2, 0) is 4.79 Å². The second-order valence-electron chi connectivity index (χ2n) is 5.26. The summed E-state index contributed by atoms with van der Waals surface area (Å²) in [5.74, 6) is -1.48. The van der Waals surface area contributed by atoms with Crippen molar-refractivity contribution in [2.75, 3.05) is 0 Å². The van der Waals surface area contributed by atoms with Crippen molar-refractivity contribution in [3.8, 4) is 16.9 Å². The quantitative estimate of drug-likeness (QED) is 0.711. The van der Waals surface area contributed by atoms with E-state index in [1.165, 1.54) is 0 Å². The van der Waals surface area contributed by atoms with Crippen LogP contribution in [0.3, 0.4) is 0 Å². The largest absolute Gasteiger partial charge is 0.507 e. The summed E-state index contributed by atoms with van der Waals surface area (Å²) in [7, 11) is 0. The number of aliphatic carboxylic acids is 1. The lowest BCUT2D eigenvalue weighted by molar-refractivity contribution is -0.137. The third-order valence-corrected chi connectivity index (χ3v) is 4.15. The second kappa shape index (κ2) is 4.09. The topological polar surface area (TPSA) is 57.5 Å². The predicted molar refractivity (Wildman–Crippen MR) is 80.5 cm³/mol. The van der Waals surface area contributed by atoms with Crippen LogP contribution in [0.1, 0.15) is 17.0 Å². The minimum atomic E-state index is -0.893. The third-order valence-electron chi connectivity index (χ3n) is 4.15. The normalized spacial score (nSPS) is 15.7. The molecule has 3 nitrogen and oxygen atoms in total. The Kier molecular flexibility index (Phi) is 2.33. The Morgan fingerprint density at radius 3 is 2.33 bits per heavy atom. The zero-order valence-corrected chi connectivity index (χ0v) is 11.1. The van der Waals surface area contributed by atoms with Gasteiger partial charge in [-0.25, -0.2) is 0 Å². The summed E-state index contributed by atoms with van der Waals surface area (Å²) in [5.41, 5.74) is 3.32. The number of phenols is 1. The molecule has 1 aliphatic rings. The van der Waals surface area contributed by atoms with Gasteiger partial charge in [0.25, 0.3) is 0 Å². The molecule has 0 radical (unpaired) electrons. The van der Waals surface area contributed by atoms with Crippen LogP contribution in [0.2, 0.25) is 0 Å². The van der Waals surface area contributed by atoms with Gasteiger partial charge < -0.3 is 10.2 Å². The molecule has 1 atom stereocenters. The first-order chi connectivity index (χ1) is 10.2. The van der Waals surface area contributed by atoms with Crippen LogP contribution in [0.4, 0.5) is 0 Å². The van der Waals surface area contributed by atoms with Gasteiger partial charge in [0.2, 0.25) is 0 Å². The molecule has 2 N–H and O–H groups in total. The lowest BCUT2D eigenvalue weighted by atomic mass is 9.94. The molecule has 0 aliphatic heterocycles. The summed E-state index contributed by atoms with van der Waals surface area (Å²) in [4.78, 5) is 11.7. The molecule has 0 bridgehead atoms. The molecule has 102 valence electrons. The van der Waals surface area contributed by atoms with Crippen molar-refractivity contribution in [1.82, 2.24) is 0 Å². The number of carbonyl (C=O) groups is 1. The minimum Gasteiger partial charge on any atom is -0.507 e. The fourth-order valence-corrected chi connectivity index (χ4v) is 3.32. The third kappa shape index (κ3) is 1.51. The van der Waals surface area contributed by atoms with Gasteiger partial charge in [-0.2, -0.15) is 0 Å². The zero-order valence-electron chi connectivity index (χ0n) is 11.1. The number of hydrogen-bond acceptors (Lipinski definition) is 2. The summed E-state index contributed by atoms with van der Waals surface area (Å²) in [6.07, 6.45) is 0. The molecule has 0 aromatic heterocycles. The van der Waals surface area contributed by atoms with Gasteiger partial charge >= 0.3 is 5.97 Å². The molecule has 1 unspecified atom stereocenters. The molecule has 0 saturated heterocycles. The van der Waals surface area contributed by atoms with Gasteiger partial charge in [-0.15, -0.1) is 0 Å². The molecule has 0 saturated carbocycles. The van der Waals surface area contributed by atoms with Gasteiger partial charge in [-0.05, 0) is 33.7 Å². The van der Waals surface area contributed by atoms with E-state index in [0.29, 0.717) is 5.56 Å². The molecule has 21 heavy (non-hydrogen) atoms. The van der Waals surface area contributed by atoms with Crippen LogP contribution >= 0.6 is 0 Å². The minimum absolute atomic E-state index is 0.128. The lowest BCUT2D eigenvalue weighted by Crippen LogP contribution is -2.09. The molecule has 0 fully saturated rings. The Bertz CT molecular complexity index is 896. The predicted octanol–water partition coefficient (Wildman–Crippen LogP) is 3.74. The number of phenolic OH excluding ortho intramolecular Hbond substituents is 1. The highest BCUT2D eigenvalue weighted by molar-refractivity contribution is 6.07. The van der Waals surface area contributed by atoms with Gasteiger partial charge in [0.15, 0.2) is 0 Å². The Morgan fingerprint density at radius 1 is 0.905 bits per heavy atom. The molecular formula is C18H12O3. The van der Waals surface area contributed by atoms with E-state index in [2.05, 4.69) is 0 Å². The number of hydrogen-bond donors (Lipinski definition) is 2. The monoisotopic (exact) mass is 276 g/mol. The van der Waals surface area contributed by atoms with Crippen LogP contribution in [0.5, 0.6) is 5.75 Å². The van der Waals surface area contributed by atoms with Crippen LogP contribution in [0.15, 0.2) is 54.6 Å². The van der Waals surface area contributed by atoms with Crippen LogP contribution < -0.4 is 0 Å². The molecule has 3 heteroatoms. The van der Waals surface area contributed by atoms with Crippen molar-refractivity contribution in [1.29, 1.82) is 0 Å².